The third kappa shape index (κ3) is 7.95. The Morgan fingerprint density at radius 3 is 2.68 bits per heavy atom. The van der Waals surface area contributed by atoms with Crippen LogP contribution >= 0.6 is 11.8 Å². The third-order valence-electron chi connectivity index (χ3n) is 8.30. The molecule has 1 aromatic heterocycles. The van der Waals surface area contributed by atoms with E-state index in [1.807, 2.05) is 0 Å². The van der Waals surface area contributed by atoms with Crippen molar-refractivity contribution >= 4 is 23.5 Å². The van der Waals surface area contributed by atoms with E-state index in [-0.39, 0.29) is 41.8 Å². The van der Waals surface area contributed by atoms with E-state index in [0.29, 0.717) is 38.1 Å². The number of alkyl halides is 1. The van der Waals surface area contributed by atoms with Gasteiger partial charge in [0, 0.05) is 56.4 Å². The van der Waals surface area contributed by atoms with E-state index in [2.05, 4.69) is 51.1 Å². The minimum absolute atomic E-state index is 0.00289. The number of amides is 1. The Labute approximate surface area is 246 Å². The predicted molar refractivity (Wildman–Crippen MR) is 157 cm³/mol. The van der Waals surface area contributed by atoms with Gasteiger partial charge in [-0.2, -0.15) is 0 Å². The van der Waals surface area contributed by atoms with Crippen LogP contribution in [0, 0.1) is 0 Å². The van der Waals surface area contributed by atoms with Crippen molar-refractivity contribution in [2.24, 2.45) is 0 Å². The molecule has 3 fully saturated rings. The minimum Gasteiger partial charge on any atom is -0.379 e. The van der Waals surface area contributed by atoms with Gasteiger partial charge in [0.25, 0.3) is 5.91 Å². The molecule has 224 valence electrons. The summed E-state index contributed by atoms with van der Waals surface area (Å²) in [4.78, 5) is 24.9. The van der Waals surface area contributed by atoms with Gasteiger partial charge < -0.3 is 29.7 Å². The van der Waals surface area contributed by atoms with Gasteiger partial charge in [-0.3, -0.25) is 4.79 Å². The Morgan fingerprint density at radius 2 is 1.95 bits per heavy atom. The molecule has 0 saturated carbocycles. The maximum Gasteiger partial charge on any atom is 0.272 e. The first-order chi connectivity index (χ1) is 20.1. The van der Waals surface area contributed by atoms with Gasteiger partial charge in [-0.1, -0.05) is 12.1 Å². The van der Waals surface area contributed by atoms with Gasteiger partial charge >= 0.3 is 0 Å². The fourth-order valence-corrected chi connectivity index (χ4v) is 6.35. The van der Waals surface area contributed by atoms with E-state index in [1.165, 1.54) is 10.5 Å². The largest absolute Gasteiger partial charge is 0.379 e. The Balaban J connectivity index is 1.15. The summed E-state index contributed by atoms with van der Waals surface area (Å²) in [5, 5.41) is 7.00. The normalized spacial score (nSPS) is 25.7. The average Bonchev–Trinajstić information content (AvgIpc) is 3.04. The lowest BCUT2D eigenvalue weighted by atomic mass is 9.98. The lowest BCUT2D eigenvalue weighted by Gasteiger charge is -2.38. The van der Waals surface area contributed by atoms with Gasteiger partial charge in [0.15, 0.2) is 5.82 Å². The number of thioether (sulfide) groups is 1. The highest BCUT2D eigenvalue weighted by Crippen LogP contribution is 2.32. The number of piperidine rings is 1. The number of anilines is 1. The molecule has 2 aromatic rings. The van der Waals surface area contributed by atoms with E-state index in [4.69, 9.17) is 14.2 Å². The molecule has 3 saturated heterocycles. The van der Waals surface area contributed by atoms with Crippen molar-refractivity contribution in [3.05, 3.63) is 47.4 Å². The molecule has 4 atom stereocenters. The maximum atomic E-state index is 13.7. The van der Waals surface area contributed by atoms with Gasteiger partial charge in [-0.05, 0) is 62.5 Å². The summed E-state index contributed by atoms with van der Waals surface area (Å²) in [6.07, 6.45) is 7.75. The Hall–Kier alpha value is -2.31. The maximum absolute atomic E-state index is 13.7. The molecule has 0 radical (unpaired) electrons. The summed E-state index contributed by atoms with van der Waals surface area (Å²) >= 11 is 1.73. The molecule has 3 aliphatic rings. The van der Waals surface area contributed by atoms with Crippen LogP contribution in [-0.4, -0.2) is 91.3 Å². The topological polar surface area (TPSA) is 97.8 Å². The molecule has 11 heteroatoms. The number of ether oxygens (including phenoxy) is 3. The zero-order valence-electron chi connectivity index (χ0n) is 24.0. The van der Waals surface area contributed by atoms with Crippen molar-refractivity contribution in [1.29, 1.82) is 0 Å². The van der Waals surface area contributed by atoms with Crippen molar-refractivity contribution in [3.8, 4) is 0 Å². The molecular weight excluding hydrogens is 545 g/mol. The molecule has 2 N–H and O–H groups in total. The zero-order chi connectivity index (χ0) is 28.6. The van der Waals surface area contributed by atoms with Crippen molar-refractivity contribution < 1.29 is 23.4 Å². The van der Waals surface area contributed by atoms with Crippen LogP contribution in [0.5, 0.6) is 0 Å². The second kappa shape index (κ2) is 14.7. The first-order valence-corrected chi connectivity index (χ1v) is 15.9. The number of carbonyl (C=O) groups excluding carboxylic acids is 1. The van der Waals surface area contributed by atoms with Crippen LogP contribution in [0.2, 0.25) is 0 Å². The number of nitrogens with zero attached hydrogens (tertiary/aromatic N) is 3. The Morgan fingerprint density at radius 1 is 1.15 bits per heavy atom. The summed E-state index contributed by atoms with van der Waals surface area (Å²) in [6.45, 7) is 2.26. The first kappa shape index (κ1) is 30.2. The monoisotopic (exact) mass is 587 g/mol. The molecule has 3 aliphatic heterocycles. The first-order valence-electron chi connectivity index (χ1n) is 14.7. The van der Waals surface area contributed by atoms with Gasteiger partial charge in [-0.25, -0.2) is 14.4 Å². The predicted octanol–water partition coefficient (Wildman–Crippen LogP) is 4.39. The number of halogens is 1. The lowest BCUT2D eigenvalue weighted by molar-refractivity contribution is -0.0533. The van der Waals surface area contributed by atoms with E-state index in [0.717, 1.165) is 45.1 Å². The summed E-state index contributed by atoms with van der Waals surface area (Å²) in [5.41, 5.74) is 1.41. The number of nitrogens with one attached hydrogen (secondary N) is 2. The van der Waals surface area contributed by atoms with Crippen LogP contribution in [-0.2, 0) is 20.9 Å². The standard InChI is InChI=1S/C30H42FN5O4S/c1-38-27-19-39-15-12-24(27)33-21-10-13-36(14-11-21)30(37)25-16-28(35-29(17-31)34-25)32-18-22-4-3-5-26(40-22)20-6-8-23(41-2)9-7-20/h6-9,16,21-22,24,26-27,33H,3-5,10-15,17-19H2,1-2H3,(H,32,34,35)/t22-,24-,26+,27+/m1/s1. The third-order valence-corrected chi connectivity index (χ3v) is 9.04. The van der Waals surface area contributed by atoms with Crippen molar-refractivity contribution in [2.75, 3.05) is 51.5 Å². The average molecular weight is 588 g/mol. The summed E-state index contributed by atoms with van der Waals surface area (Å²) in [5.74, 6) is 0.274. The van der Waals surface area contributed by atoms with Crippen LogP contribution in [0.25, 0.3) is 0 Å². The van der Waals surface area contributed by atoms with E-state index < -0.39 is 6.67 Å². The number of aromatic nitrogens is 2. The van der Waals surface area contributed by atoms with E-state index in [9.17, 15) is 9.18 Å². The summed E-state index contributed by atoms with van der Waals surface area (Å²) < 4.78 is 31.2. The van der Waals surface area contributed by atoms with Crippen LogP contribution in [0.3, 0.4) is 0 Å². The number of rotatable bonds is 10. The minimum atomic E-state index is -0.832. The molecule has 1 aromatic carbocycles. The highest BCUT2D eigenvalue weighted by atomic mass is 32.2. The molecule has 0 spiro atoms. The quantitative estimate of drug-likeness (QED) is 0.392. The molecule has 5 rings (SSSR count). The Kier molecular flexibility index (Phi) is 10.8. The highest BCUT2D eigenvalue weighted by molar-refractivity contribution is 7.98. The second-order valence-corrected chi connectivity index (χ2v) is 11.9. The van der Waals surface area contributed by atoms with Gasteiger partial charge in [0.1, 0.15) is 18.2 Å². The second-order valence-electron chi connectivity index (χ2n) is 11.0. The summed E-state index contributed by atoms with van der Waals surface area (Å²) in [6, 6.07) is 10.7. The molecule has 41 heavy (non-hydrogen) atoms. The zero-order valence-corrected chi connectivity index (χ0v) is 24.8. The molecule has 0 aliphatic carbocycles. The van der Waals surface area contributed by atoms with Crippen LogP contribution in [0.4, 0.5) is 10.2 Å². The SMILES string of the molecule is CO[C@H]1COCC[C@H]1NC1CCN(C(=O)c2cc(NC[C@H]3CCC[C@@H](c4ccc(SC)cc4)O3)nc(CF)n2)CC1. The molecule has 0 unspecified atom stereocenters. The highest BCUT2D eigenvalue weighted by Gasteiger charge is 2.31. The lowest BCUT2D eigenvalue weighted by Crippen LogP contribution is -2.54. The van der Waals surface area contributed by atoms with E-state index >= 15 is 0 Å². The van der Waals surface area contributed by atoms with Crippen LogP contribution in [0.15, 0.2) is 35.2 Å². The van der Waals surface area contributed by atoms with Crippen molar-refractivity contribution in [2.45, 2.75) is 80.5 Å². The molecule has 9 nitrogen and oxygen atoms in total. The fourth-order valence-electron chi connectivity index (χ4n) is 5.94. The van der Waals surface area contributed by atoms with Crippen LogP contribution in [0.1, 0.15) is 66.5 Å². The van der Waals surface area contributed by atoms with E-state index in [1.54, 1.807) is 29.8 Å². The molecule has 1 amide bonds. The number of methoxy groups -OCH3 is 1. The number of hydrogen-bond acceptors (Lipinski definition) is 9. The molecule has 0 bridgehead atoms. The summed E-state index contributed by atoms with van der Waals surface area (Å²) in [7, 11) is 1.72. The number of hydrogen-bond donors (Lipinski definition) is 2. The molecular formula is C30H42FN5O4S. The van der Waals surface area contributed by atoms with Crippen molar-refractivity contribution in [3.63, 3.8) is 0 Å². The Bertz CT molecular complexity index is 1130. The van der Waals surface area contributed by atoms with Crippen molar-refractivity contribution in [1.82, 2.24) is 20.2 Å². The number of likely N-dealkylation sites (tertiary alicyclic amines) is 1. The van der Waals surface area contributed by atoms with Gasteiger partial charge in [0.2, 0.25) is 0 Å². The fraction of sp³-hybridized carbons (Fsp3) is 0.633. The molecule has 4 heterocycles. The number of benzene rings is 1. The van der Waals surface area contributed by atoms with Gasteiger partial charge in [0.05, 0.1) is 24.9 Å². The van der Waals surface area contributed by atoms with Gasteiger partial charge in [-0.15, -0.1) is 11.8 Å². The van der Waals surface area contributed by atoms with Crippen LogP contribution < -0.4 is 10.6 Å². The smallest absolute Gasteiger partial charge is 0.272 e. The number of carbonyl (C=O) groups is 1.